The Bertz CT molecular complexity index is 451. The van der Waals surface area contributed by atoms with Gasteiger partial charge in [0.1, 0.15) is 0 Å². The first-order valence-electron chi connectivity index (χ1n) is 7.30. The maximum atomic E-state index is 12.0. The lowest BCUT2D eigenvalue weighted by molar-refractivity contribution is 0.0931. The Kier molecular flexibility index (Phi) is 4.11. The zero-order valence-electron chi connectivity index (χ0n) is 11.5. The highest BCUT2D eigenvalue weighted by Gasteiger charge is 2.19. The lowest BCUT2D eigenvalue weighted by atomic mass is 10.2. The fraction of sp³-hybridized carbons (Fsp3) is 0.643. The van der Waals surface area contributed by atoms with E-state index in [0.717, 1.165) is 31.7 Å². The standard InChI is InChI=1S/C14H20N4O2/c19-14(15-11-3-1-2-4-11)12-5-6-13(17-16-12)18-7-9-20-10-8-18/h5-6,11H,1-4,7-10H2,(H,15,19). The van der Waals surface area contributed by atoms with E-state index in [2.05, 4.69) is 20.4 Å². The summed E-state index contributed by atoms with van der Waals surface area (Å²) >= 11 is 0. The first-order valence-corrected chi connectivity index (χ1v) is 7.30. The summed E-state index contributed by atoms with van der Waals surface area (Å²) in [5.41, 5.74) is 0.397. The number of nitrogens with zero attached hydrogens (tertiary/aromatic N) is 3. The Morgan fingerprint density at radius 2 is 1.95 bits per heavy atom. The SMILES string of the molecule is O=C(NC1CCCC1)c1ccc(N2CCOCC2)nn1. The molecule has 1 amide bonds. The van der Waals surface area contributed by atoms with Gasteiger partial charge in [0.05, 0.1) is 13.2 Å². The highest BCUT2D eigenvalue weighted by molar-refractivity contribution is 5.92. The molecule has 1 aromatic heterocycles. The molecule has 1 aliphatic carbocycles. The molecule has 1 aliphatic heterocycles. The minimum atomic E-state index is -0.113. The van der Waals surface area contributed by atoms with Crippen LogP contribution in [0.1, 0.15) is 36.2 Å². The van der Waals surface area contributed by atoms with Gasteiger partial charge in [-0.3, -0.25) is 4.79 Å². The van der Waals surface area contributed by atoms with Crippen molar-refractivity contribution in [3.8, 4) is 0 Å². The van der Waals surface area contributed by atoms with Crippen LogP contribution in [0.5, 0.6) is 0 Å². The van der Waals surface area contributed by atoms with E-state index in [4.69, 9.17) is 4.74 Å². The monoisotopic (exact) mass is 276 g/mol. The number of aromatic nitrogens is 2. The van der Waals surface area contributed by atoms with Crippen LogP contribution in [0.25, 0.3) is 0 Å². The van der Waals surface area contributed by atoms with Crippen LogP contribution < -0.4 is 10.2 Å². The van der Waals surface area contributed by atoms with Gasteiger partial charge in [-0.1, -0.05) is 12.8 Å². The molecule has 1 saturated carbocycles. The third-order valence-electron chi connectivity index (χ3n) is 3.91. The molecule has 1 N–H and O–H groups in total. The molecule has 1 aromatic rings. The lowest BCUT2D eigenvalue weighted by Gasteiger charge is -2.27. The molecule has 0 spiro atoms. The maximum Gasteiger partial charge on any atom is 0.272 e. The van der Waals surface area contributed by atoms with Crippen LogP contribution in [0.2, 0.25) is 0 Å². The van der Waals surface area contributed by atoms with Crippen LogP contribution >= 0.6 is 0 Å². The van der Waals surface area contributed by atoms with Crippen LogP contribution in [0.3, 0.4) is 0 Å². The van der Waals surface area contributed by atoms with Crippen molar-refractivity contribution in [2.75, 3.05) is 31.2 Å². The molecule has 0 aromatic carbocycles. The molecule has 6 heteroatoms. The van der Waals surface area contributed by atoms with Gasteiger partial charge in [0.25, 0.3) is 5.91 Å². The summed E-state index contributed by atoms with van der Waals surface area (Å²) in [6, 6.07) is 3.92. The topological polar surface area (TPSA) is 67.4 Å². The van der Waals surface area contributed by atoms with Crippen molar-refractivity contribution in [3.63, 3.8) is 0 Å². The van der Waals surface area contributed by atoms with E-state index in [1.165, 1.54) is 12.8 Å². The fourth-order valence-corrected chi connectivity index (χ4v) is 2.74. The molecule has 2 fully saturated rings. The zero-order chi connectivity index (χ0) is 13.8. The number of carbonyl (C=O) groups excluding carboxylic acids is 1. The number of hydrogen-bond donors (Lipinski definition) is 1. The summed E-state index contributed by atoms with van der Waals surface area (Å²) in [6.45, 7) is 3.07. The Balaban J connectivity index is 1.61. The van der Waals surface area contributed by atoms with Gasteiger partial charge in [0, 0.05) is 19.1 Å². The molecule has 108 valence electrons. The van der Waals surface area contributed by atoms with E-state index >= 15 is 0 Å². The number of nitrogens with one attached hydrogen (secondary N) is 1. The molecule has 2 heterocycles. The number of morpholine rings is 1. The van der Waals surface area contributed by atoms with Crippen molar-refractivity contribution >= 4 is 11.7 Å². The summed E-state index contributed by atoms with van der Waals surface area (Å²) < 4.78 is 5.30. The molecule has 0 bridgehead atoms. The van der Waals surface area contributed by atoms with Crippen molar-refractivity contribution < 1.29 is 9.53 Å². The summed E-state index contributed by atoms with van der Waals surface area (Å²) in [4.78, 5) is 14.2. The summed E-state index contributed by atoms with van der Waals surface area (Å²) in [5.74, 6) is 0.698. The van der Waals surface area contributed by atoms with Gasteiger partial charge in [-0.15, -0.1) is 10.2 Å². The third-order valence-corrected chi connectivity index (χ3v) is 3.91. The van der Waals surface area contributed by atoms with Gasteiger partial charge in [-0.25, -0.2) is 0 Å². The Morgan fingerprint density at radius 1 is 1.20 bits per heavy atom. The third kappa shape index (κ3) is 3.07. The van der Waals surface area contributed by atoms with E-state index < -0.39 is 0 Å². The van der Waals surface area contributed by atoms with Crippen LogP contribution in [0, 0.1) is 0 Å². The second kappa shape index (κ2) is 6.17. The van der Waals surface area contributed by atoms with E-state index in [1.807, 2.05) is 6.07 Å². The Morgan fingerprint density at radius 3 is 2.60 bits per heavy atom. The van der Waals surface area contributed by atoms with Crippen LogP contribution in [-0.2, 0) is 4.74 Å². The quantitative estimate of drug-likeness (QED) is 0.891. The average Bonchev–Trinajstić information content (AvgIpc) is 3.01. The zero-order valence-corrected chi connectivity index (χ0v) is 11.5. The van der Waals surface area contributed by atoms with Crippen molar-refractivity contribution in [3.05, 3.63) is 17.8 Å². The van der Waals surface area contributed by atoms with Gasteiger partial charge in [0.15, 0.2) is 11.5 Å². The molecule has 2 aliphatic rings. The second-order valence-electron chi connectivity index (χ2n) is 5.33. The smallest absolute Gasteiger partial charge is 0.272 e. The van der Waals surface area contributed by atoms with Crippen LogP contribution in [-0.4, -0.2) is 48.4 Å². The molecule has 0 radical (unpaired) electrons. The van der Waals surface area contributed by atoms with Gasteiger partial charge in [-0.05, 0) is 25.0 Å². The highest BCUT2D eigenvalue weighted by atomic mass is 16.5. The van der Waals surface area contributed by atoms with Crippen molar-refractivity contribution in [1.29, 1.82) is 0 Å². The normalized spacial score (nSPS) is 20.1. The highest BCUT2D eigenvalue weighted by Crippen LogP contribution is 2.18. The largest absolute Gasteiger partial charge is 0.378 e. The van der Waals surface area contributed by atoms with E-state index in [0.29, 0.717) is 24.9 Å². The average molecular weight is 276 g/mol. The number of ether oxygens (including phenoxy) is 1. The number of amides is 1. The fourth-order valence-electron chi connectivity index (χ4n) is 2.74. The molecule has 1 saturated heterocycles. The van der Waals surface area contributed by atoms with Gasteiger partial charge >= 0.3 is 0 Å². The molecular weight excluding hydrogens is 256 g/mol. The first kappa shape index (κ1) is 13.3. The lowest BCUT2D eigenvalue weighted by Crippen LogP contribution is -2.37. The minimum absolute atomic E-state index is 0.113. The number of anilines is 1. The molecule has 3 rings (SSSR count). The Labute approximate surface area is 118 Å². The predicted molar refractivity (Wildman–Crippen MR) is 74.8 cm³/mol. The summed E-state index contributed by atoms with van der Waals surface area (Å²) in [6.07, 6.45) is 4.55. The minimum Gasteiger partial charge on any atom is -0.378 e. The number of hydrogen-bond acceptors (Lipinski definition) is 5. The molecule has 0 unspecified atom stereocenters. The van der Waals surface area contributed by atoms with Crippen LogP contribution in [0.15, 0.2) is 12.1 Å². The van der Waals surface area contributed by atoms with E-state index in [-0.39, 0.29) is 5.91 Å². The van der Waals surface area contributed by atoms with E-state index in [9.17, 15) is 4.79 Å². The molecular formula is C14H20N4O2. The first-order chi connectivity index (χ1) is 9.83. The second-order valence-corrected chi connectivity index (χ2v) is 5.33. The van der Waals surface area contributed by atoms with Gasteiger partial charge in [0.2, 0.25) is 0 Å². The van der Waals surface area contributed by atoms with Crippen molar-refractivity contribution in [1.82, 2.24) is 15.5 Å². The van der Waals surface area contributed by atoms with Crippen LogP contribution in [0.4, 0.5) is 5.82 Å². The summed E-state index contributed by atoms with van der Waals surface area (Å²) in [5, 5.41) is 11.2. The molecule has 20 heavy (non-hydrogen) atoms. The number of carbonyl (C=O) groups is 1. The van der Waals surface area contributed by atoms with Gasteiger partial charge in [-0.2, -0.15) is 0 Å². The van der Waals surface area contributed by atoms with Gasteiger partial charge < -0.3 is 15.0 Å². The van der Waals surface area contributed by atoms with Crippen molar-refractivity contribution in [2.45, 2.75) is 31.7 Å². The predicted octanol–water partition coefficient (Wildman–Crippen LogP) is 0.986. The summed E-state index contributed by atoms with van der Waals surface area (Å²) in [7, 11) is 0. The molecule has 0 atom stereocenters. The van der Waals surface area contributed by atoms with E-state index in [1.54, 1.807) is 6.07 Å². The maximum absolute atomic E-state index is 12.0. The van der Waals surface area contributed by atoms with Crippen molar-refractivity contribution in [2.24, 2.45) is 0 Å². The molecule has 6 nitrogen and oxygen atoms in total. The number of rotatable bonds is 3. The Hall–Kier alpha value is -1.69.